The number of rotatable bonds is 3. The van der Waals surface area contributed by atoms with E-state index >= 15 is 0 Å². The first-order valence-corrected chi connectivity index (χ1v) is 7.11. The fourth-order valence-electron chi connectivity index (χ4n) is 2.38. The molecule has 0 saturated heterocycles. The number of benzene rings is 1. The van der Waals surface area contributed by atoms with Crippen molar-refractivity contribution in [2.75, 3.05) is 6.26 Å². The number of sulfone groups is 1. The highest BCUT2D eigenvalue weighted by Gasteiger charge is 2.73. The van der Waals surface area contributed by atoms with Gasteiger partial charge in [-0.1, -0.05) is 12.1 Å². The van der Waals surface area contributed by atoms with Crippen molar-refractivity contribution in [3.05, 3.63) is 35.6 Å². The maximum absolute atomic E-state index is 13.1. The third-order valence-electron chi connectivity index (χ3n) is 3.22. The first kappa shape index (κ1) is 13.0. The highest BCUT2D eigenvalue weighted by molar-refractivity contribution is 7.91. The van der Waals surface area contributed by atoms with Gasteiger partial charge in [-0.3, -0.25) is 4.79 Å². The van der Waals surface area contributed by atoms with E-state index in [0.717, 1.165) is 12.3 Å². The van der Waals surface area contributed by atoms with Crippen molar-refractivity contribution in [1.29, 1.82) is 0 Å². The molecule has 7 heteroatoms. The maximum atomic E-state index is 13.1. The molecule has 0 amide bonds. The number of nitrogens with two attached hydrogens (primary N) is 1. The third-order valence-corrected chi connectivity index (χ3v) is 4.80. The zero-order valence-corrected chi connectivity index (χ0v) is 10.3. The maximum Gasteiger partial charge on any atom is 0.325 e. The molecule has 98 valence electrons. The first-order valence-electron chi connectivity index (χ1n) is 5.15. The molecule has 18 heavy (non-hydrogen) atoms. The van der Waals surface area contributed by atoms with Gasteiger partial charge in [0.25, 0.3) is 0 Å². The minimum absolute atomic E-state index is 0.287. The Hall–Kier alpha value is -1.47. The highest BCUT2D eigenvalue weighted by atomic mass is 32.2. The molecule has 0 bridgehead atoms. The number of aliphatic carboxylic acids is 1. The van der Waals surface area contributed by atoms with E-state index in [9.17, 15) is 17.6 Å². The average Bonchev–Trinajstić information content (AvgIpc) is 2.86. The van der Waals surface area contributed by atoms with E-state index in [2.05, 4.69) is 0 Å². The smallest absolute Gasteiger partial charge is 0.325 e. The second-order valence-electron chi connectivity index (χ2n) is 4.52. The molecule has 1 aromatic rings. The van der Waals surface area contributed by atoms with Crippen LogP contribution in [0.1, 0.15) is 11.5 Å². The molecule has 0 unspecified atom stereocenters. The van der Waals surface area contributed by atoms with Gasteiger partial charge < -0.3 is 10.8 Å². The van der Waals surface area contributed by atoms with Crippen molar-refractivity contribution >= 4 is 15.8 Å². The van der Waals surface area contributed by atoms with E-state index in [1.54, 1.807) is 0 Å². The van der Waals surface area contributed by atoms with Crippen molar-refractivity contribution < 1.29 is 22.7 Å². The Morgan fingerprint density at radius 3 is 2.50 bits per heavy atom. The zero-order chi connectivity index (χ0) is 13.7. The van der Waals surface area contributed by atoms with Crippen LogP contribution in [0, 0.1) is 5.82 Å². The number of carboxylic acids is 1. The predicted octanol–water partition coefficient (Wildman–Crippen LogP) is 0.118. The number of hydrogen-bond donors (Lipinski definition) is 2. The van der Waals surface area contributed by atoms with Crippen LogP contribution in [0.4, 0.5) is 4.39 Å². The van der Waals surface area contributed by atoms with E-state index < -0.39 is 38.3 Å². The molecule has 0 aromatic heterocycles. The summed E-state index contributed by atoms with van der Waals surface area (Å²) in [6, 6.07) is 5.18. The molecule has 1 fully saturated rings. The fraction of sp³-hybridized carbons (Fsp3) is 0.364. The summed E-state index contributed by atoms with van der Waals surface area (Å²) in [6.45, 7) is 0. The molecular formula is C11H12FNO4S. The monoisotopic (exact) mass is 273 g/mol. The molecule has 0 radical (unpaired) electrons. The molecule has 3 atom stereocenters. The van der Waals surface area contributed by atoms with Crippen LogP contribution in [0.3, 0.4) is 0 Å². The van der Waals surface area contributed by atoms with Crippen molar-refractivity contribution in [1.82, 2.24) is 0 Å². The van der Waals surface area contributed by atoms with Gasteiger partial charge in [-0.05, 0) is 17.7 Å². The minimum Gasteiger partial charge on any atom is -0.480 e. The van der Waals surface area contributed by atoms with Crippen LogP contribution in [0.15, 0.2) is 24.3 Å². The van der Waals surface area contributed by atoms with Crippen molar-refractivity contribution in [3.8, 4) is 0 Å². The second-order valence-corrected chi connectivity index (χ2v) is 6.69. The minimum atomic E-state index is -3.62. The molecule has 5 nitrogen and oxygen atoms in total. The number of halogens is 1. The number of carboxylic acid groups (broad SMARTS) is 1. The fourth-order valence-corrected chi connectivity index (χ4v) is 4.14. The van der Waals surface area contributed by atoms with Gasteiger partial charge in [-0.15, -0.1) is 0 Å². The lowest BCUT2D eigenvalue weighted by Crippen LogP contribution is -2.39. The van der Waals surface area contributed by atoms with Gasteiger partial charge in [0.2, 0.25) is 0 Å². The molecule has 0 spiro atoms. The lowest BCUT2D eigenvalue weighted by atomic mass is 10.1. The number of hydrogen-bond acceptors (Lipinski definition) is 4. The van der Waals surface area contributed by atoms with Crippen molar-refractivity contribution in [2.45, 2.75) is 16.7 Å². The Morgan fingerprint density at radius 2 is 2.11 bits per heavy atom. The van der Waals surface area contributed by atoms with Crippen molar-refractivity contribution in [2.24, 2.45) is 5.73 Å². The quantitative estimate of drug-likeness (QED) is 0.815. The van der Waals surface area contributed by atoms with Crippen LogP contribution in [-0.4, -0.2) is 36.5 Å². The van der Waals surface area contributed by atoms with Gasteiger partial charge >= 0.3 is 5.97 Å². The van der Waals surface area contributed by atoms with Gasteiger partial charge in [0.15, 0.2) is 9.84 Å². The van der Waals surface area contributed by atoms with Crippen LogP contribution >= 0.6 is 0 Å². The lowest BCUT2D eigenvalue weighted by molar-refractivity contribution is -0.139. The number of carbonyl (C=O) groups is 1. The molecule has 0 aliphatic heterocycles. The van der Waals surface area contributed by atoms with E-state index in [4.69, 9.17) is 10.8 Å². The van der Waals surface area contributed by atoms with Gasteiger partial charge in [-0.2, -0.15) is 0 Å². The summed E-state index contributed by atoms with van der Waals surface area (Å²) in [4.78, 5) is 11.1. The largest absolute Gasteiger partial charge is 0.480 e. The Morgan fingerprint density at radius 1 is 1.50 bits per heavy atom. The molecule has 2 rings (SSSR count). The standard InChI is InChI=1S/C11H12FNO4S/c1-18(16,17)9-8(11(9,13)10(14)15)6-3-2-4-7(12)5-6/h2-5,8-9H,13H2,1H3,(H,14,15)/t8-,9-,11-/m1/s1. The van der Waals surface area contributed by atoms with Crippen LogP contribution < -0.4 is 5.73 Å². The summed E-state index contributed by atoms with van der Waals surface area (Å²) in [7, 11) is -3.62. The summed E-state index contributed by atoms with van der Waals surface area (Å²) in [5, 5.41) is 7.85. The zero-order valence-electron chi connectivity index (χ0n) is 9.50. The van der Waals surface area contributed by atoms with Gasteiger partial charge in [0, 0.05) is 12.2 Å². The summed E-state index contributed by atoms with van der Waals surface area (Å²) in [6.07, 6.45) is 0.932. The molecule has 0 heterocycles. The molecule has 3 N–H and O–H groups in total. The van der Waals surface area contributed by atoms with Crippen LogP contribution in [-0.2, 0) is 14.6 Å². The lowest BCUT2D eigenvalue weighted by Gasteiger charge is -2.04. The Balaban J connectivity index is 2.49. The first-order chi connectivity index (χ1) is 8.19. The van der Waals surface area contributed by atoms with Crippen LogP contribution in [0.2, 0.25) is 0 Å². The molecule has 1 aliphatic rings. The molecule has 1 aliphatic carbocycles. The van der Waals surface area contributed by atoms with Crippen LogP contribution in [0.25, 0.3) is 0 Å². The van der Waals surface area contributed by atoms with Crippen molar-refractivity contribution in [3.63, 3.8) is 0 Å². The van der Waals surface area contributed by atoms with E-state index in [1.165, 1.54) is 18.2 Å². The summed E-state index contributed by atoms with van der Waals surface area (Å²) < 4.78 is 36.2. The van der Waals surface area contributed by atoms with E-state index in [0.29, 0.717) is 0 Å². The van der Waals surface area contributed by atoms with E-state index in [-0.39, 0.29) is 5.56 Å². The van der Waals surface area contributed by atoms with Gasteiger partial charge in [0.05, 0.1) is 5.25 Å². The van der Waals surface area contributed by atoms with Crippen LogP contribution in [0.5, 0.6) is 0 Å². The molecule has 1 aromatic carbocycles. The third kappa shape index (κ3) is 1.79. The van der Waals surface area contributed by atoms with Gasteiger partial charge in [-0.25, -0.2) is 12.8 Å². The van der Waals surface area contributed by atoms with Gasteiger partial charge in [0.1, 0.15) is 11.4 Å². The second kappa shape index (κ2) is 3.76. The Kier molecular flexibility index (Phi) is 2.71. The molecule has 1 saturated carbocycles. The summed E-state index contributed by atoms with van der Waals surface area (Å²) in [5.74, 6) is -2.87. The summed E-state index contributed by atoms with van der Waals surface area (Å²) >= 11 is 0. The Bertz CT molecular complexity index is 615. The SMILES string of the molecule is CS(=O)(=O)[C@@H]1[C@@H](c2cccc(F)c2)[C@]1(N)C(=O)O. The normalized spacial score (nSPS) is 31.1. The average molecular weight is 273 g/mol. The predicted molar refractivity (Wildman–Crippen MR) is 62.3 cm³/mol. The summed E-state index contributed by atoms with van der Waals surface area (Å²) in [5.41, 5.74) is 4.06. The topological polar surface area (TPSA) is 97.5 Å². The highest BCUT2D eigenvalue weighted by Crippen LogP contribution is 2.54. The molecular weight excluding hydrogens is 261 g/mol. The Labute approximate surface area is 103 Å². The van der Waals surface area contributed by atoms with E-state index in [1.807, 2.05) is 0 Å².